The Bertz CT molecular complexity index is 827. The summed E-state index contributed by atoms with van der Waals surface area (Å²) >= 11 is 0. The van der Waals surface area contributed by atoms with Crippen LogP contribution in [-0.4, -0.2) is 197 Å². The summed E-state index contributed by atoms with van der Waals surface area (Å²) in [6.45, 7) is 13.2. The summed E-state index contributed by atoms with van der Waals surface area (Å²) in [5, 5.41) is 41.7. The number of unbranched alkanes of at least 4 members (excludes halogenated alkanes) is 3. The average molecular weight is 847 g/mol. The molecule has 0 aromatic heterocycles. The molecule has 0 aliphatic carbocycles. The summed E-state index contributed by atoms with van der Waals surface area (Å²) in [6.07, 6.45) is 7.55. The molecule has 0 amide bonds. The summed E-state index contributed by atoms with van der Waals surface area (Å²) in [5.41, 5.74) is 0. The Morgan fingerprint density at radius 3 is 1.46 bits per heavy atom. The minimum atomic E-state index is -2.61. The van der Waals surface area contributed by atoms with E-state index in [0.717, 1.165) is 71.2 Å². The van der Waals surface area contributed by atoms with Gasteiger partial charge in [-0.1, -0.05) is 39.5 Å². The Hall–Kier alpha value is -0.206. The topological polar surface area (TPSA) is 183 Å². The highest BCUT2D eigenvalue weighted by molar-refractivity contribution is 6.60. The largest absolute Gasteiger partial charge is 0.500 e. The van der Waals surface area contributed by atoms with Crippen LogP contribution >= 0.6 is 0 Å². The van der Waals surface area contributed by atoms with Crippen molar-refractivity contribution in [1.29, 1.82) is 0 Å². The van der Waals surface area contributed by atoms with E-state index in [0.29, 0.717) is 70.6 Å². The first kappa shape index (κ1) is 55.8. The maximum atomic E-state index is 10.8. The second-order valence-corrected chi connectivity index (χ2v) is 20.6. The molecule has 0 bridgehead atoms. The number of nitrogens with one attached hydrogen (secondary N) is 3. The number of aliphatic hydroxyl groups is 3. The molecule has 0 aromatic rings. The molecule has 56 heavy (non-hydrogen) atoms. The second kappa shape index (κ2) is 37.8. The van der Waals surface area contributed by atoms with Gasteiger partial charge in [-0.2, -0.15) is 0 Å². The standard InChI is InChI=1S/C38H86N4O12Si2/c1-9-11-17-35(10-2)31-54-34-38(45)30-42(23-21-41-29-37(44)33-53-25-16-27-56(49-6,50-7)51-8)22-20-39-18-13-12-14-19-40-28-36(43)32-52-24-15-26-55(46-3,47-4)48-5/h35-41,43-45H,9-34H2,1-8H3. The molecule has 0 radical (unpaired) electrons. The van der Waals surface area contributed by atoms with Crippen molar-refractivity contribution in [3.8, 4) is 0 Å². The van der Waals surface area contributed by atoms with Crippen LogP contribution in [0.5, 0.6) is 0 Å². The zero-order chi connectivity index (χ0) is 41.8. The maximum absolute atomic E-state index is 10.8. The molecule has 338 valence electrons. The molecule has 4 atom stereocenters. The van der Waals surface area contributed by atoms with Gasteiger partial charge < -0.3 is 72.0 Å². The molecule has 4 unspecified atom stereocenters. The lowest BCUT2D eigenvalue weighted by atomic mass is 10.0. The summed E-state index contributed by atoms with van der Waals surface area (Å²) in [5.74, 6) is 0.541. The molecular formula is C38H86N4O12Si2. The van der Waals surface area contributed by atoms with Crippen LogP contribution in [0.3, 0.4) is 0 Å². The molecule has 0 fully saturated rings. The van der Waals surface area contributed by atoms with E-state index in [2.05, 4.69) is 34.7 Å². The van der Waals surface area contributed by atoms with E-state index in [4.69, 9.17) is 40.8 Å². The fraction of sp³-hybridized carbons (Fsp3) is 1.00. The Morgan fingerprint density at radius 1 is 0.518 bits per heavy atom. The van der Waals surface area contributed by atoms with Crippen molar-refractivity contribution in [2.24, 2.45) is 5.92 Å². The van der Waals surface area contributed by atoms with Crippen LogP contribution in [-0.2, 0) is 40.8 Å². The molecule has 6 N–H and O–H groups in total. The fourth-order valence-electron chi connectivity index (χ4n) is 6.18. The Morgan fingerprint density at radius 2 is 0.982 bits per heavy atom. The first-order valence-electron chi connectivity index (χ1n) is 21.0. The van der Waals surface area contributed by atoms with Gasteiger partial charge in [0.1, 0.15) is 0 Å². The van der Waals surface area contributed by atoms with Crippen LogP contribution in [0.2, 0.25) is 12.1 Å². The minimum absolute atomic E-state index is 0.242. The van der Waals surface area contributed by atoms with E-state index < -0.39 is 35.9 Å². The summed E-state index contributed by atoms with van der Waals surface area (Å²) in [4.78, 5) is 2.25. The molecule has 0 aliphatic rings. The Kier molecular flexibility index (Phi) is 37.6. The predicted molar refractivity (Wildman–Crippen MR) is 225 cm³/mol. The van der Waals surface area contributed by atoms with Crippen molar-refractivity contribution in [3.05, 3.63) is 0 Å². The predicted octanol–water partition coefficient (Wildman–Crippen LogP) is 2.11. The van der Waals surface area contributed by atoms with Crippen LogP contribution in [0, 0.1) is 5.92 Å². The number of aliphatic hydroxyl groups excluding tert-OH is 3. The minimum Gasteiger partial charge on any atom is -0.389 e. The zero-order valence-corrected chi connectivity index (χ0v) is 38.7. The van der Waals surface area contributed by atoms with Gasteiger partial charge in [0.05, 0.1) is 38.1 Å². The smallest absolute Gasteiger partial charge is 0.389 e. The molecule has 0 aromatic carbocycles. The lowest BCUT2D eigenvalue weighted by Crippen LogP contribution is -2.43. The fourth-order valence-corrected chi connectivity index (χ4v) is 9.56. The molecule has 0 saturated carbocycles. The Balaban J connectivity index is 4.38. The van der Waals surface area contributed by atoms with Crippen LogP contribution < -0.4 is 16.0 Å². The highest BCUT2D eigenvalue weighted by atomic mass is 28.4. The highest BCUT2D eigenvalue weighted by Crippen LogP contribution is 2.16. The first-order valence-corrected chi connectivity index (χ1v) is 24.9. The van der Waals surface area contributed by atoms with Gasteiger partial charge in [0.2, 0.25) is 0 Å². The third-order valence-corrected chi connectivity index (χ3v) is 15.5. The summed E-state index contributed by atoms with van der Waals surface area (Å²) in [6, 6.07) is 1.32. The van der Waals surface area contributed by atoms with Crippen molar-refractivity contribution >= 4 is 17.6 Å². The van der Waals surface area contributed by atoms with E-state index in [1.165, 1.54) is 19.3 Å². The first-order chi connectivity index (χ1) is 27.1. The summed E-state index contributed by atoms with van der Waals surface area (Å²) < 4.78 is 49.8. The molecule has 0 saturated heterocycles. The number of ether oxygens (including phenoxy) is 3. The third-order valence-electron chi connectivity index (χ3n) is 9.88. The van der Waals surface area contributed by atoms with Gasteiger partial charge in [0, 0.05) is 120 Å². The van der Waals surface area contributed by atoms with Gasteiger partial charge in [-0.15, -0.1) is 0 Å². The number of nitrogens with zero attached hydrogens (tertiary/aromatic N) is 1. The maximum Gasteiger partial charge on any atom is 0.500 e. The van der Waals surface area contributed by atoms with Crippen LogP contribution in [0.4, 0.5) is 0 Å². The SMILES string of the molecule is CCCCC(CC)COCC(O)CN(CCNCCCCCNCC(O)COCCC[Si](OC)(OC)OC)CCNCC(O)COCCC[Si](OC)(OC)OC. The van der Waals surface area contributed by atoms with Crippen molar-refractivity contribution in [1.82, 2.24) is 20.9 Å². The van der Waals surface area contributed by atoms with Gasteiger partial charge in [-0.05, 0) is 51.1 Å². The van der Waals surface area contributed by atoms with Crippen LogP contribution in [0.1, 0.15) is 71.6 Å². The van der Waals surface area contributed by atoms with E-state index in [-0.39, 0.29) is 13.2 Å². The highest BCUT2D eigenvalue weighted by Gasteiger charge is 2.37. The van der Waals surface area contributed by atoms with Gasteiger partial charge in [-0.3, -0.25) is 4.90 Å². The van der Waals surface area contributed by atoms with Gasteiger partial charge in [0.25, 0.3) is 0 Å². The monoisotopic (exact) mass is 847 g/mol. The van der Waals surface area contributed by atoms with E-state index in [1.54, 1.807) is 42.7 Å². The Labute approximate surface area is 343 Å². The number of hydrogen-bond donors (Lipinski definition) is 6. The van der Waals surface area contributed by atoms with Gasteiger partial charge in [-0.25, -0.2) is 0 Å². The van der Waals surface area contributed by atoms with Crippen molar-refractivity contribution in [3.63, 3.8) is 0 Å². The normalized spacial score (nSPS) is 14.8. The van der Waals surface area contributed by atoms with Crippen molar-refractivity contribution in [2.45, 2.75) is 102 Å². The molecule has 18 heteroatoms. The van der Waals surface area contributed by atoms with Crippen LogP contribution in [0.15, 0.2) is 0 Å². The zero-order valence-electron chi connectivity index (χ0n) is 36.7. The van der Waals surface area contributed by atoms with Gasteiger partial charge >= 0.3 is 17.6 Å². The van der Waals surface area contributed by atoms with Crippen LogP contribution in [0.25, 0.3) is 0 Å². The lowest BCUT2D eigenvalue weighted by molar-refractivity contribution is 0.00290. The van der Waals surface area contributed by atoms with Gasteiger partial charge in [0.15, 0.2) is 0 Å². The second-order valence-electron chi connectivity index (χ2n) is 14.4. The van der Waals surface area contributed by atoms with E-state index in [9.17, 15) is 15.3 Å². The molecule has 0 spiro atoms. The molecular weight excluding hydrogens is 761 g/mol. The van der Waals surface area contributed by atoms with E-state index in [1.807, 2.05) is 0 Å². The molecule has 16 nitrogen and oxygen atoms in total. The molecule has 0 heterocycles. The van der Waals surface area contributed by atoms with Crippen molar-refractivity contribution in [2.75, 3.05) is 141 Å². The quantitative estimate of drug-likeness (QED) is 0.0387. The van der Waals surface area contributed by atoms with Crippen molar-refractivity contribution < 1.29 is 56.1 Å². The lowest BCUT2D eigenvalue weighted by Gasteiger charge is -2.26. The third kappa shape index (κ3) is 29.1. The number of rotatable bonds is 44. The number of hydrogen-bond acceptors (Lipinski definition) is 16. The van der Waals surface area contributed by atoms with E-state index >= 15 is 0 Å². The summed E-state index contributed by atoms with van der Waals surface area (Å²) in [7, 11) is 4.41. The molecule has 0 rings (SSSR count). The molecule has 0 aliphatic heterocycles. The average Bonchev–Trinajstić information content (AvgIpc) is 3.21.